The van der Waals surface area contributed by atoms with Crippen LogP contribution in [0.5, 0.6) is 0 Å². The van der Waals surface area contributed by atoms with Crippen LogP contribution in [0.3, 0.4) is 0 Å². The summed E-state index contributed by atoms with van der Waals surface area (Å²) in [5.41, 5.74) is 3.74. The molecule has 0 saturated carbocycles. The molecular weight excluding hydrogens is 272 g/mol. The molecule has 20 heavy (non-hydrogen) atoms. The van der Waals surface area contributed by atoms with Gasteiger partial charge < -0.3 is 0 Å². The van der Waals surface area contributed by atoms with Crippen LogP contribution >= 0.6 is 11.6 Å². The molecule has 0 spiro atoms. The molecule has 5 heteroatoms. The van der Waals surface area contributed by atoms with Crippen molar-refractivity contribution in [3.63, 3.8) is 0 Å². The maximum absolute atomic E-state index is 5.97. The summed E-state index contributed by atoms with van der Waals surface area (Å²) in [6.07, 6.45) is 7.15. The van der Waals surface area contributed by atoms with E-state index in [4.69, 9.17) is 11.6 Å². The van der Waals surface area contributed by atoms with Crippen LogP contribution in [0.2, 0.25) is 5.02 Å². The second-order valence-corrected chi connectivity index (χ2v) is 6.25. The minimum atomic E-state index is 0.00543. The van der Waals surface area contributed by atoms with E-state index in [0.29, 0.717) is 5.02 Å². The maximum atomic E-state index is 5.97. The zero-order chi connectivity index (χ0) is 14.3. The highest BCUT2D eigenvalue weighted by molar-refractivity contribution is 6.30. The second kappa shape index (κ2) is 4.56. The van der Waals surface area contributed by atoms with E-state index >= 15 is 0 Å². The summed E-state index contributed by atoms with van der Waals surface area (Å²) in [4.78, 5) is 8.55. The fraction of sp³-hybridized carbons (Fsp3) is 0.267. The first kappa shape index (κ1) is 13.1. The summed E-state index contributed by atoms with van der Waals surface area (Å²) >= 11 is 5.97. The number of aromatic nitrogens is 4. The van der Waals surface area contributed by atoms with Crippen molar-refractivity contribution in [1.29, 1.82) is 0 Å². The summed E-state index contributed by atoms with van der Waals surface area (Å²) in [6.45, 7) is 6.41. The van der Waals surface area contributed by atoms with Crippen molar-refractivity contribution in [3.8, 4) is 11.1 Å². The molecule has 3 aromatic rings. The minimum Gasteiger partial charge on any atom is -0.263 e. The van der Waals surface area contributed by atoms with Gasteiger partial charge in [-0.05, 0) is 6.07 Å². The Labute approximate surface area is 122 Å². The molecule has 0 aromatic carbocycles. The SMILES string of the molecule is CC(C)(C)c1cc2ncc(-c3cncc(Cl)c3)cn2n1. The van der Waals surface area contributed by atoms with Gasteiger partial charge in [0.15, 0.2) is 5.65 Å². The van der Waals surface area contributed by atoms with Crippen molar-refractivity contribution < 1.29 is 0 Å². The van der Waals surface area contributed by atoms with Crippen LogP contribution in [-0.2, 0) is 5.41 Å². The normalized spacial score (nSPS) is 12.0. The summed E-state index contributed by atoms with van der Waals surface area (Å²) in [5, 5.41) is 5.20. The molecule has 102 valence electrons. The quantitative estimate of drug-likeness (QED) is 0.684. The monoisotopic (exact) mass is 286 g/mol. The molecule has 0 aliphatic heterocycles. The lowest BCUT2D eigenvalue weighted by Crippen LogP contribution is -2.11. The van der Waals surface area contributed by atoms with Crippen molar-refractivity contribution in [3.05, 3.63) is 47.6 Å². The fourth-order valence-electron chi connectivity index (χ4n) is 1.96. The van der Waals surface area contributed by atoms with Gasteiger partial charge in [-0.1, -0.05) is 32.4 Å². The van der Waals surface area contributed by atoms with E-state index in [1.54, 1.807) is 16.9 Å². The van der Waals surface area contributed by atoms with Crippen LogP contribution in [0.1, 0.15) is 26.5 Å². The second-order valence-electron chi connectivity index (χ2n) is 5.82. The van der Waals surface area contributed by atoms with Crippen LogP contribution in [0.15, 0.2) is 36.9 Å². The third kappa shape index (κ3) is 2.39. The van der Waals surface area contributed by atoms with Gasteiger partial charge in [-0.15, -0.1) is 0 Å². The number of fused-ring (bicyclic) bond motifs is 1. The summed E-state index contributed by atoms with van der Waals surface area (Å²) < 4.78 is 1.80. The van der Waals surface area contributed by atoms with Crippen LogP contribution in [0.4, 0.5) is 0 Å². The lowest BCUT2D eigenvalue weighted by Gasteiger charge is -2.13. The van der Waals surface area contributed by atoms with E-state index in [1.165, 1.54) is 0 Å². The molecule has 0 atom stereocenters. The Hall–Kier alpha value is -1.94. The Kier molecular flexibility index (Phi) is 2.98. The van der Waals surface area contributed by atoms with Crippen LogP contribution in [0, 0.1) is 0 Å². The number of hydrogen-bond donors (Lipinski definition) is 0. The van der Waals surface area contributed by atoms with Crippen molar-refractivity contribution >= 4 is 17.2 Å². The van der Waals surface area contributed by atoms with Crippen LogP contribution < -0.4 is 0 Å². The molecule has 0 aliphatic rings. The van der Waals surface area contributed by atoms with Gasteiger partial charge in [0.2, 0.25) is 0 Å². The van der Waals surface area contributed by atoms with Gasteiger partial charge in [0.05, 0.1) is 10.7 Å². The van der Waals surface area contributed by atoms with Crippen LogP contribution in [-0.4, -0.2) is 19.6 Å². The van der Waals surface area contributed by atoms with Crippen molar-refractivity contribution in [2.24, 2.45) is 0 Å². The Morgan fingerprint density at radius 1 is 1.05 bits per heavy atom. The summed E-state index contributed by atoms with van der Waals surface area (Å²) in [6, 6.07) is 3.88. The molecule has 0 fully saturated rings. The molecule has 0 aliphatic carbocycles. The number of pyridine rings is 1. The molecule has 0 N–H and O–H groups in total. The van der Waals surface area contributed by atoms with Gasteiger partial charge in [-0.2, -0.15) is 5.10 Å². The average Bonchev–Trinajstić information content (AvgIpc) is 2.81. The highest BCUT2D eigenvalue weighted by atomic mass is 35.5. The summed E-state index contributed by atoms with van der Waals surface area (Å²) in [7, 11) is 0. The largest absolute Gasteiger partial charge is 0.263 e. The summed E-state index contributed by atoms with van der Waals surface area (Å²) in [5.74, 6) is 0. The number of halogens is 1. The number of hydrogen-bond acceptors (Lipinski definition) is 3. The van der Waals surface area contributed by atoms with Gasteiger partial charge in [0.25, 0.3) is 0 Å². The van der Waals surface area contributed by atoms with E-state index in [-0.39, 0.29) is 5.41 Å². The van der Waals surface area contributed by atoms with Crippen molar-refractivity contribution in [2.75, 3.05) is 0 Å². The first-order valence-corrected chi connectivity index (χ1v) is 6.78. The van der Waals surface area contributed by atoms with E-state index in [0.717, 1.165) is 22.5 Å². The molecule has 3 aromatic heterocycles. The smallest absolute Gasteiger partial charge is 0.155 e. The predicted octanol–water partition coefficient (Wildman–Crippen LogP) is 3.74. The Morgan fingerprint density at radius 3 is 2.55 bits per heavy atom. The first-order valence-electron chi connectivity index (χ1n) is 6.40. The van der Waals surface area contributed by atoms with Gasteiger partial charge in [-0.25, -0.2) is 9.50 Å². The molecule has 3 heterocycles. The Morgan fingerprint density at radius 2 is 1.85 bits per heavy atom. The highest BCUT2D eigenvalue weighted by Gasteiger charge is 2.18. The Bertz CT molecular complexity index is 771. The highest BCUT2D eigenvalue weighted by Crippen LogP contribution is 2.24. The predicted molar refractivity (Wildman–Crippen MR) is 79.9 cm³/mol. The molecule has 0 saturated heterocycles. The van der Waals surface area contributed by atoms with Gasteiger partial charge in [-0.3, -0.25) is 4.98 Å². The van der Waals surface area contributed by atoms with E-state index in [9.17, 15) is 0 Å². The van der Waals surface area contributed by atoms with Crippen molar-refractivity contribution in [2.45, 2.75) is 26.2 Å². The van der Waals surface area contributed by atoms with E-state index in [1.807, 2.05) is 24.5 Å². The van der Waals surface area contributed by atoms with Gasteiger partial charge in [0.1, 0.15) is 0 Å². The lowest BCUT2D eigenvalue weighted by molar-refractivity contribution is 0.562. The minimum absolute atomic E-state index is 0.00543. The fourth-order valence-corrected chi connectivity index (χ4v) is 2.14. The zero-order valence-electron chi connectivity index (χ0n) is 11.6. The molecule has 0 amide bonds. The number of nitrogens with zero attached hydrogens (tertiary/aromatic N) is 4. The van der Waals surface area contributed by atoms with Crippen molar-refractivity contribution in [1.82, 2.24) is 19.6 Å². The van der Waals surface area contributed by atoms with Crippen LogP contribution in [0.25, 0.3) is 16.8 Å². The number of rotatable bonds is 1. The molecule has 4 nitrogen and oxygen atoms in total. The van der Waals surface area contributed by atoms with Gasteiger partial charge in [0, 0.05) is 47.4 Å². The Balaban J connectivity index is 2.11. The topological polar surface area (TPSA) is 43.1 Å². The zero-order valence-corrected chi connectivity index (χ0v) is 12.4. The average molecular weight is 287 g/mol. The maximum Gasteiger partial charge on any atom is 0.155 e. The third-order valence-electron chi connectivity index (χ3n) is 3.12. The van der Waals surface area contributed by atoms with E-state index in [2.05, 4.69) is 35.8 Å². The third-order valence-corrected chi connectivity index (χ3v) is 3.33. The molecule has 0 bridgehead atoms. The van der Waals surface area contributed by atoms with Gasteiger partial charge >= 0.3 is 0 Å². The standard InChI is InChI=1S/C15H15ClN4/c1-15(2,3)13-5-14-18-7-11(9-20(14)19-13)10-4-12(16)8-17-6-10/h4-9H,1-3H3. The first-order chi connectivity index (χ1) is 9.43. The molecule has 3 rings (SSSR count). The molecular formula is C15H15ClN4. The molecule has 0 radical (unpaired) electrons. The molecule has 0 unspecified atom stereocenters. The van der Waals surface area contributed by atoms with E-state index < -0.39 is 0 Å². The lowest BCUT2D eigenvalue weighted by atomic mass is 9.93.